The molecule has 3 rings (SSSR count). The van der Waals surface area contributed by atoms with Crippen LogP contribution in [0.5, 0.6) is 0 Å². The minimum absolute atomic E-state index is 0.170. The van der Waals surface area contributed by atoms with Gasteiger partial charge in [0.05, 0.1) is 11.6 Å². The molecule has 1 amide bonds. The Balaban J connectivity index is 2.07. The lowest BCUT2D eigenvalue weighted by Gasteiger charge is -2.37. The summed E-state index contributed by atoms with van der Waals surface area (Å²) in [5.74, 6) is -1.90. The highest BCUT2D eigenvalue weighted by molar-refractivity contribution is 6.03. The molecule has 0 radical (unpaired) electrons. The van der Waals surface area contributed by atoms with Crippen molar-refractivity contribution in [1.82, 2.24) is 0 Å². The number of benzene rings is 1. The molecule has 0 aromatic heterocycles. The smallest absolute Gasteiger partial charge is 0.232 e. The number of fused-ring (bicyclic) bond motifs is 1. The van der Waals surface area contributed by atoms with Gasteiger partial charge in [0.25, 0.3) is 0 Å². The Hall–Kier alpha value is -1.45. The van der Waals surface area contributed by atoms with Crippen molar-refractivity contribution in [3.05, 3.63) is 29.3 Å². The predicted octanol–water partition coefficient (Wildman–Crippen LogP) is 3.97. The summed E-state index contributed by atoms with van der Waals surface area (Å²) >= 11 is 0. The Labute approximate surface area is 111 Å². The van der Waals surface area contributed by atoms with E-state index in [0.29, 0.717) is 5.56 Å². The van der Waals surface area contributed by atoms with Crippen LogP contribution < -0.4 is 5.32 Å². The third-order valence-corrected chi connectivity index (χ3v) is 4.60. The Morgan fingerprint density at radius 2 is 1.89 bits per heavy atom. The highest BCUT2D eigenvalue weighted by atomic mass is 19.1. The molecule has 0 spiro atoms. The molecular formula is C15H17F2NO. The van der Waals surface area contributed by atoms with E-state index >= 15 is 0 Å². The average Bonchev–Trinajstić information content (AvgIpc) is 2.67. The van der Waals surface area contributed by atoms with Gasteiger partial charge in [0, 0.05) is 6.07 Å². The summed E-state index contributed by atoms with van der Waals surface area (Å²) in [7, 11) is 0. The summed E-state index contributed by atoms with van der Waals surface area (Å²) in [5.41, 5.74) is 0.475. The van der Waals surface area contributed by atoms with Crippen LogP contribution in [0.15, 0.2) is 12.1 Å². The lowest BCUT2D eigenvalue weighted by atomic mass is 9.65. The Morgan fingerprint density at radius 3 is 2.58 bits per heavy atom. The van der Waals surface area contributed by atoms with E-state index in [2.05, 4.69) is 12.2 Å². The zero-order valence-electron chi connectivity index (χ0n) is 10.9. The van der Waals surface area contributed by atoms with Gasteiger partial charge in [-0.3, -0.25) is 4.79 Å². The molecule has 19 heavy (non-hydrogen) atoms. The van der Waals surface area contributed by atoms with Crippen LogP contribution in [0.2, 0.25) is 0 Å². The number of carbonyl (C=O) groups excluding carboxylic acids is 1. The van der Waals surface area contributed by atoms with E-state index in [1.54, 1.807) is 0 Å². The average molecular weight is 265 g/mol. The van der Waals surface area contributed by atoms with Crippen LogP contribution in [0.25, 0.3) is 0 Å². The SMILES string of the molecule is CC1(C2C(=O)Nc3c(F)cc(F)cc32)CCCCC1. The summed E-state index contributed by atoms with van der Waals surface area (Å²) in [6, 6.07) is 2.13. The first kappa shape index (κ1) is 12.6. The van der Waals surface area contributed by atoms with Crippen molar-refractivity contribution in [3.8, 4) is 0 Å². The van der Waals surface area contributed by atoms with Crippen LogP contribution in [0.3, 0.4) is 0 Å². The van der Waals surface area contributed by atoms with Crippen LogP contribution in [-0.4, -0.2) is 5.91 Å². The van der Waals surface area contributed by atoms with E-state index in [1.807, 2.05) is 0 Å². The lowest BCUT2D eigenvalue weighted by molar-refractivity contribution is -0.120. The molecule has 1 aromatic carbocycles. The van der Waals surface area contributed by atoms with E-state index in [4.69, 9.17) is 0 Å². The Morgan fingerprint density at radius 1 is 1.21 bits per heavy atom. The largest absolute Gasteiger partial charge is 0.323 e. The molecule has 1 saturated carbocycles. The van der Waals surface area contributed by atoms with E-state index in [0.717, 1.165) is 31.7 Å². The van der Waals surface area contributed by atoms with Gasteiger partial charge < -0.3 is 5.32 Å². The molecule has 1 aromatic rings. The standard InChI is InChI=1S/C15H17F2NO/c1-15(5-3-2-4-6-15)12-10-7-9(16)8-11(17)13(10)18-14(12)19/h7-8,12H,2-6H2,1H3,(H,18,19). The maximum absolute atomic E-state index is 13.7. The highest BCUT2D eigenvalue weighted by Gasteiger charge is 2.46. The molecule has 1 aliphatic carbocycles. The van der Waals surface area contributed by atoms with Crippen molar-refractivity contribution >= 4 is 11.6 Å². The third kappa shape index (κ3) is 1.94. The number of carbonyl (C=O) groups is 1. The van der Waals surface area contributed by atoms with Gasteiger partial charge in [-0.1, -0.05) is 26.2 Å². The zero-order valence-corrected chi connectivity index (χ0v) is 10.9. The zero-order chi connectivity index (χ0) is 13.6. The van der Waals surface area contributed by atoms with Gasteiger partial charge in [-0.2, -0.15) is 0 Å². The molecule has 2 nitrogen and oxygen atoms in total. The number of rotatable bonds is 1. The molecule has 102 valence electrons. The van der Waals surface area contributed by atoms with Crippen molar-refractivity contribution in [1.29, 1.82) is 0 Å². The topological polar surface area (TPSA) is 29.1 Å². The van der Waals surface area contributed by atoms with Crippen molar-refractivity contribution < 1.29 is 13.6 Å². The van der Waals surface area contributed by atoms with E-state index < -0.39 is 17.6 Å². The van der Waals surface area contributed by atoms with Crippen molar-refractivity contribution in [2.45, 2.75) is 44.9 Å². The fourth-order valence-electron chi connectivity index (χ4n) is 3.63. The molecule has 2 aliphatic rings. The van der Waals surface area contributed by atoms with Gasteiger partial charge in [-0.25, -0.2) is 8.78 Å². The normalized spacial score (nSPS) is 25.0. The van der Waals surface area contributed by atoms with Crippen molar-refractivity contribution in [2.24, 2.45) is 5.41 Å². The molecule has 1 N–H and O–H groups in total. The van der Waals surface area contributed by atoms with Gasteiger partial charge in [-0.05, 0) is 29.9 Å². The minimum atomic E-state index is -0.676. The molecule has 1 atom stereocenters. The molecule has 0 saturated heterocycles. The fraction of sp³-hybridized carbons (Fsp3) is 0.533. The molecule has 1 heterocycles. The summed E-state index contributed by atoms with van der Waals surface area (Å²) in [4.78, 5) is 12.2. The van der Waals surface area contributed by atoms with Crippen LogP contribution in [0.4, 0.5) is 14.5 Å². The van der Waals surface area contributed by atoms with Gasteiger partial charge in [0.1, 0.15) is 11.6 Å². The number of anilines is 1. The number of amides is 1. The molecular weight excluding hydrogens is 248 g/mol. The summed E-state index contributed by atoms with van der Waals surface area (Å²) < 4.78 is 27.2. The second-order valence-electron chi connectivity index (χ2n) is 5.99. The molecule has 1 unspecified atom stereocenters. The second-order valence-corrected chi connectivity index (χ2v) is 5.99. The first-order valence-corrected chi connectivity index (χ1v) is 6.81. The summed E-state index contributed by atoms with van der Waals surface area (Å²) in [6.45, 7) is 2.06. The number of hydrogen-bond donors (Lipinski definition) is 1. The van der Waals surface area contributed by atoms with Crippen LogP contribution in [0.1, 0.15) is 50.5 Å². The first-order valence-electron chi connectivity index (χ1n) is 6.81. The van der Waals surface area contributed by atoms with Gasteiger partial charge in [0.2, 0.25) is 5.91 Å². The Kier molecular flexibility index (Phi) is 2.84. The Bertz CT molecular complexity index is 535. The summed E-state index contributed by atoms with van der Waals surface area (Å²) in [5, 5.41) is 2.58. The lowest BCUT2D eigenvalue weighted by Crippen LogP contribution is -2.32. The molecule has 1 fully saturated rings. The highest BCUT2D eigenvalue weighted by Crippen LogP contribution is 2.52. The quantitative estimate of drug-likeness (QED) is 0.817. The molecule has 4 heteroatoms. The van der Waals surface area contributed by atoms with Gasteiger partial charge in [0.15, 0.2) is 0 Å². The van der Waals surface area contributed by atoms with Gasteiger partial charge in [-0.15, -0.1) is 0 Å². The molecule has 0 bridgehead atoms. The van der Waals surface area contributed by atoms with E-state index in [1.165, 1.54) is 12.5 Å². The molecule has 1 aliphatic heterocycles. The van der Waals surface area contributed by atoms with Crippen LogP contribution in [-0.2, 0) is 4.79 Å². The second kappa shape index (κ2) is 4.29. The van der Waals surface area contributed by atoms with E-state index in [-0.39, 0.29) is 17.0 Å². The van der Waals surface area contributed by atoms with Crippen molar-refractivity contribution in [3.63, 3.8) is 0 Å². The van der Waals surface area contributed by atoms with Crippen LogP contribution >= 0.6 is 0 Å². The first-order chi connectivity index (χ1) is 9.01. The predicted molar refractivity (Wildman–Crippen MR) is 68.9 cm³/mol. The van der Waals surface area contributed by atoms with Crippen LogP contribution in [0, 0.1) is 17.0 Å². The number of halogens is 2. The minimum Gasteiger partial charge on any atom is -0.323 e. The fourth-order valence-corrected chi connectivity index (χ4v) is 3.63. The number of nitrogens with one attached hydrogen (secondary N) is 1. The maximum atomic E-state index is 13.7. The summed E-state index contributed by atoms with van der Waals surface area (Å²) in [6.07, 6.45) is 5.19. The monoisotopic (exact) mass is 265 g/mol. The van der Waals surface area contributed by atoms with Gasteiger partial charge >= 0.3 is 0 Å². The van der Waals surface area contributed by atoms with Crippen molar-refractivity contribution in [2.75, 3.05) is 5.32 Å². The third-order valence-electron chi connectivity index (χ3n) is 4.60. The maximum Gasteiger partial charge on any atom is 0.232 e. The number of hydrogen-bond acceptors (Lipinski definition) is 1. The van der Waals surface area contributed by atoms with E-state index in [9.17, 15) is 13.6 Å².